The Kier molecular flexibility index (Phi) is 8.26. The topological polar surface area (TPSA) is 71.1 Å². The summed E-state index contributed by atoms with van der Waals surface area (Å²) in [5, 5.41) is 0. The number of para-hydroxylation sites is 1. The van der Waals surface area contributed by atoms with Crippen LogP contribution in [0.5, 0.6) is 17.2 Å². The fraction of sp³-hybridized carbons (Fsp3) is 0.231. The third-order valence-electron chi connectivity index (χ3n) is 4.63. The minimum absolute atomic E-state index is 0.106. The van der Waals surface area contributed by atoms with Gasteiger partial charge >= 0.3 is 11.9 Å². The number of carbonyl (C=O) groups is 2. The molecule has 1 atom stereocenters. The number of carbonyl (C=O) groups excluding carboxylic acids is 2. The number of esters is 2. The van der Waals surface area contributed by atoms with E-state index in [-0.39, 0.29) is 19.3 Å². The molecule has 3 aromatic rings. The second-order valence-electron chi connectivity index (χ2n) is 7.07. The summed E-state index contributed by atoms with van der Waals surface area (Å²) in [5.74, 6) is 0.782. The van der Waals surface area contributed by atoms with Gasteiger partial charge in [0.25, 0.3) is 0 Å². The molecule has 0 aliphatic rings. The minimum atomic E-state index is -0.492. The SMILES string of the molecule is CCC(C)Oc1ccc(C(=O)Oc2ccc(C(=O)OCCOc3ccccc3)cc2)cc1. The molecule has 6 heteroatoms. The molecule has 6 nitrogen and oxygen atoms in total. The summed E-state index contributed by atoms with van der Waals surface area (Å²) in [6.07, 6.45) is 1.00. The zero-order valence-electron chi connectivity index (χ0n) is 18.2. The van der Waals surface area contributed by atoms with Gasteiger partial charge in [-0.1, -0.05) is 25.1 Å². The predicted octanol–water partition coefficient (Wildman–Crippen LogP) is 5.32. The van der Waals surface area contributed by atoms with Crippen LogP contribution in [0.3, 0.4) is 0 Å². The quantitative estimate of drug-likeness (QED) is 0.244. The molecule has 0 aliphatic heterocycles. The normalized spacial score (nSPS) is 11.3. The number of rotatable bonds is 10. The summed E-state index contributed by atoms with van der Waals surface area (Å²) in [7, 11) is 0. The van der Waals surface area contributed by atoms with Crippen molar-refractivity contribution in [3.8, 4) is 17.2 Å². The Labute approximate surface area is 187 Å². The average molecular weight is 434 g/mol. The summed E-state index contributed by atoms with van der Waals surface area (Å²) in [5.41, 5.74) is 0.763. The highest BCUT2D eigenvalue weighted by Gasteiger charge is 2.12. The number of ether oxygens (including phenoxy) is 4. The van der Waals surface area contributed by atoms with Crippen LogP contribution < -0.4 is 14.2 Å². The molecule has 3 rings (SSSR count). The predicted molar refractivity (Wildman–Crippen MR) is 120 cm³/mol. The number of benzene rings is 3. The van der Waals surface area contributed by atoms with Gasteiger partial charge in [0.15, 0.2) is 0 Å². The third-order valence-corrected chi connectivity index (χ3v) is 4.63. The van der Waals surface area contributed by atoms with Crippen molar-refractivity contribution in [3.63, 3.8) is 0 Å². The van der Waals surface area contributed by atoms with Crippen molar-refractivity contribution in [1.82, 2.24) is 0 Å². The lowest BCUT2D eigenvalue weighted by molar-refractivity contribution is 0.0450. The molecular formula is C26H26O6. The average Bonchev–Trinajstić information content (AvgIpc) is 2.83. The molecule has 0 N–H and O–H groups in total. The van der Waals surface area contributed by atoms with Gasteiger partial charge in [0.2, 0.25) is 0 Å². The van der Waals surface area contributed by atoms with E-state index in [2.05, 4.69) is 0 Å². The Balaban J connectivity index is 1.46. The molecule has 0 spiro atoms. The van der Waals surface area contributed by atoms with Gasteiger partial charge in [-0.2, -0.15) is 0 Å². The van der Waals surface area contributed by atoms with E-state index < -0.39 is 11.9 Å². The summed E-state index contributed by atoms with van der Waals surface area (Å²) < 4.78 is 21.8. The Hall–Kier alpha value is -3.80. The molecule has 0 bridgehead atoms. The maximum atomic E-state index is 12.3. The van der Waals surface area contributed by atoms with Crippen LogP contribution in [-0.2, 0) is 4.74 Å². The van der Waals surface area contributed by atoms with Gasteiger partial charge in [0, 0.05) is 0 Å². The van der Waals surface area contributed by atoms with E-state index in [0.717, 1.165) is 6.42 Å². The zero-order chi connectivity index (χ0) is 22.8. The monoisotopic (exact) mass is 434 g/mol. The Bertz CT molecular complexity index is 997. The van der Waals surface area contributed by atoms with Crippen molar-refractivity contribution in [2.24, 2.45) is 0 Å². The number of hydrogen-bond acceptors (Lipinski definition) is 6. The minimum Gasteiger partial charge on any atom is -0.491 e. The highest BCUT2D eigenvalue weighted by molar-refractivity contribution is 5.92. The Morgan fingerprint density at radius 1 is 0.719 bits per heavy atom. The molecule has 0 heterocycles. The van der Waals surface area contributed by atoms with Gasteiger partial charge in [-0.15, -0.1) is 0 Å². The number of hydrogen-bond donors (Lipinski definition) is 0. The highest BCUT2D eigenvalue weighted by Crippen LogP contribution is 2.18. The largest absolute Gasteiger partial charge is 0.491 e. The van der Waals surface area contributed by atoms with E-state index >= 15 is 0 Å². The second-order valence-corrected chi connectivity index (χ2v) is 7.07. The van der Waals surface area contributed by atoms with E-state index in [1.807, 2.05) is 44.2 Å². The first-order valence-electron chi connectivity index (χ1n) is 10.5. The van der Waals surface area contributed by atoms with Gasteiger partial charge < -0.3 is 18.9 Å². The summed E-state index contributed by atoms with van der Waals surface area (Å²) in [4.78, 5) is 24.5. The lowest BCUT2D eigenvalue weighted by Crippen LogP contribution is -2.13. The van der Waals surface area contributed by atoms with Gasteiger partial charge in [0.1, 0.15) is 30.5 Å². The van der Waals surface area contributed by atoms with Crippen molar-refractivity contribution in [3.05, 3.63) is 90.0 Å². The van der Waals surface area contributed by atoms with E-state index in [4.69, 9.17) is 18.9 Å². The standard InChI is InChI=1S/C26H26O6/c1-3-19(2)31-23-13-11-21(12-14-23)26(28)32-24-15-9-20(10-16-24)25(27)30-18-17-29-22-7-5-4-6-8-22/h4-16,19H,3,17-18H2,1-2H3. The van der Waals surface area contributed by atoms with Crippen molar-refractivity contribution in [2.75, 3.05) is 13.2 Å². The van der Waals surface area contributed by atoms with E-state index in [1.165, 1.54) is 0 Å². The molecule has 0 radical (unpaired) electrons. The zero-order valence-corrected chi connectivity index (χ0v) is 18.2. The van der Waals surface area contributed by atoms with Crippen LogP contribution in [0.2, 0.25) is 0 Å². The second kappa shape index (κ2) is 11.6. The van der Waals surface area contributed by atoms with Crippen molar-refractivity contribution in [1.29, 1.82) is 0 Å². The Morgan fingerprint density at radius 3 is 1.94 bits per heavy atom. The van der Waals surface area contributed by atoms with Gasteiger partial charge in [-0.3, -0.25) is 0 Å². The first-order valence-corrected chi connectivity index (χ1v) is 10.5. The lowest BCUT2D eigenvalue weighted by Gasteiger charge is -2.12. The molecule has 3 aromatic carbocycles. The lowest BCUT2D eigenvalue weighted by atomic mass is 10.2. The van der Waals surface area contributed by atoms with E-state index in [0.29, 0.717) is 28.4 Å². The summed E-state index contributed by atoms with van der Waals surface area (Å²) >= 11 is 0. The van der Waals surface area contributed by atoms with E-state index in [1.54, 1.807) is 48.5 Å². The highest BCUT2D eigenvalue weighted by atomic mass is 16.6. The maximum absolute atomic E-state index is 12.3. The van der Waals surface area contributed by atoms with Crippen LogP contribution in [0.25, 0.3) is 0 Å². The molecule has 32 heavy (non-hydrogen) atoms. The molecule has 166 valence electrons. The van der Waals surface area contributed by atoms with Crippen molar-refractivity contribution >= 4 is 11.9 Å². The van der Waals surface area contributed by atoms with Crippen LogP contribution in [0.1, 0.15) is 41.0 Å². The molecule has 0 fully saturated rings. The first-order chi connectivity index (χ1) is 15.5. The van der Waals surface area contributed by atoms with Gasteiger partial charge in [-0.25, -0.2) is 9.59 Å². The fourth-order valence-corrected chi connectivity index (χ4v) is 2.70. The molecular weight excluding hydrogens is 408 g/mol. The summed E-state index contributed by atoms with van der Waals surface area (Å²) in [6.45, 7) is 4.41. The van der Waals surface area contributed by atoms with Crippen LogP contribution in [0.15, 0.2) is 78.9 Å². The molecule has 1 unspecified atom stereocenters. The van der Waals surface area contributed by atoms with Crippen molar-refractivity contribution < 1.29 is 28.5 Å². The smallest absolute Gasteiger partial charge is 0.343 e. The maximum Gasteiger partial charge on any atom is 0.343 e. The molecule has 0 aromatic heterocycles. The molecule has 0 saturated heterocycles. The van der Waals surface area contributed by atoms with Crippen molar-refractivity contribution in [2.45, 2.75) is 26.4 Å². The van der Waals surface area contributed by atoms with Crippen LogP contribution >= 0.6 is 0 Å². The first kappa shape index (κ1) is 22.9. The van der Waals surface area contributed by atoms with Crippen LogP contribution in [0, 0.1) is 0 Å². The van der Waals surface area contributed by atoms with Gasteiger partial charge in [-0.05, 0) is 74.0 Å². The molecule has 0 aliphatic carbocycles. The third kappa shape index (κ3) is 6.87. The molecule has 0 saturated carbocycles. The molecule has 0 amide bonds. The van der Waals surface area contributed by atoms with E-state index in [9.17, 15) is 9.59 Å². The van der Waals surface area contributed by atoms with Gasteiger partial charge in [0.05, 0.1) is 17.2 Å². The Morgan fingerprint density at radius 2 is 1.31 bits per heavy atom. The van der Waals surface area contributed by atoms with Crippen LogP contribution in [-0.4, -0.2) is 31.3 Å². The fourth-order valence-electron chi connectivity index (χ4n) is 2.70. The summed E-state index contributed by atoms with van der Waals surface area (Å²) in [6, 6.07) is 22.3. The van der Waals surface area contributed by atoms with Crippen LogP contribution in [0.4, 0.5) is 0 Å².